The lowest BCUT2D eigenvalue weighted by atomic mass is 9.88. The molecule has 3 aromatic rings. The van der Waals surface area contributed by atoms with Crippen molar-refractivity contribution in [2.24, 2.45) is 0 Å². The Hall–Kier alpha value is -4.09. The predicted octanol–water partition coefficient (Wildman–Crippen LogP) is 5.25. The number of thiophene rings is 1. The first-order valence-corrected chi connectivity index (χ1v) is 14.5. The fraction of sp³-hybridized carbons (Fsp3) is 0.375. The summed E-state index contributed by atoms with van der Waals surface area (Å²) in [6.07, 6.45) is -5.06. The number of hydrogen-bond acceptors (Lipinski definition) is 10. The molecule has 2 unspecified atom stereocenters. The lowest BCUT2D eigenvalue weighted by molar-refractivity contribution is -0.254. The van der Waals surface area contributed by atoms with Gasteiger partial charge in [0.1, 0.15) is 24.6 Å². The van der Waals surface area contributed by atoms with Crippen LogP contribution in [0.1, 0.15) is 55.4 Å². The normalized spacial score (nSPS) is 21.5. The molecule has 4 rings (SSSR count). The van der Waals surface area contributed by atoms with Gasteiger partial charge in [-0.1, -0.05) is 30.3 Å². The highest BCUT2D eigenvalue weighted by molar-refractivity contribution is 7.15. The van der Waals surface area contributed by atoms with Crippen molar-refractivity contribution >= 4 is 35.2 Å². The van der Waals surface area contributed by atoms with Gasteiger partial charge < -0.3 is 23.7 Å². The van der Waals surface area contributed by atoms with E-state index in [2.05, 4.69) is 0 Å². The van der Waals surface area contributed by atoms with Crippen LogP contribution in [0.4, 0.5) is 4.39 Å². The molecule has 2 heterocycles. The minimum absolute atomic E-state index is 0.296. The van der Waals surface area contributed by atoms with Gasteiger partial charge in [0.25, 0.3) is 0 Å². The summed E-state index contributed by atoms with van der Waals surface area (Å²) in [5.74, 6) is -2.91. The van der Waals surface area contributed by atoms with Crippen molar-refractivity contribution < 1.29 is 47.3 Å². The third kappa shape index (κ3) is 8.26. The molecule has 2 aromatic carbocycles. The van der Waals surface area contributed by atoms with Crippen LogP contribution in [0.2, 0.25) is 0 Å². The first kappa shape index (κ1) is 31.8. The maximum atomic E-state index is 13.4. The zero-order chi connectivity index (χ0) is 31.3. The number of carbonyl (C=O) groups is 4. The van der Waals surface area contributed by atoms with E-state index in [-0.39, 0.29) is 12.4 Å². The molecule has 1 aliphatic heterocycles. The van der Waals surface area contributed by atoms with E-state index in [0.717, 1.165) is 26.4 Å². The molecule has 11 heteroatoms. The maximum Gasteiger partial charge on any atom is 0.303 e. The summed E-state index contributed by atoms with van der Waals surface area (Å²) in [6, 6.07) is 16.0. The van der Waals surface area contributed by atoms with E-state index in [4.69, 9.17) is 23.7 Å². The predicted molar refractivity (Wildman–Crippen MR) is 155 cm³/mol. The summed E-state index contributed by atoms with van der Waals surface area (Å²) in [6.45, 7) is 6.48. The van der Waals surface area contributed by atoms with Crippen molar-refractivity contribution in [2.75, 3.05) is 6.61 Å². The van der Waals surface area contributed by atoms with Gasteiger partial charge in [-0.2, -0.15) is 0 Å². The van der Waals surface area contributed by atoms with Gasteiger partial charge >= 0.3 is 23.9 Å². The summed E-state index contributed by atoms with van der Waals surface area (Å²) in [4.78, 5) is 50.1. The number of carbonyl (C=O) groups excluding carboxylic acids is 4. The third-order valence-corrected chi connectivity index (χ3v) is 7.98. The van der Waals surface area contributed by atoms with Crippen LogP contribution >= 0.6 is 11.3 Å². The largest absolute Gasteiger partial charge is 0.463 e. The molecule has 228 valence electrons. The highest BCUT2D eigenvalue weighted by Gasteiger charge is 2.52. The number of rotatable bonds is 9. The van der Waals surface area contributed by atoms with Crippen LogP contribution in [-0.2, 0) is 49.3 Å². The number of benzene rings is 2. The Morgan fingerprint density at radius 3 is 2.05 bits per heavy atom. The summed E-state index contributed by atoms with van der Waals surface area (Å²) in [7, 11) is 0. The standard InChI is InChI=1S/C32H33FO9S/c1-17-6-7-23(14-24(17)15-26-12-13-28(43-26)22-8-10-25(33)11-9-22)29-31(40-20(4)36)32(41-21(5)37)30(39-19(3)35)27(42-29)16-38-18(2)34/h6-14,27,29-32H,15-16H2,1-5H3/t27-,29?,30-,31+,32?/m1/s1. The minimum atomic E-state index is -1.25. The Kier molecular flexibility index (Phi) is 10.3. The molecule has 1 aromatic heterocycles. The second kappa shape index (κ2) is 13.9. The van der Waals surface area contributed by atoms with E-state index in [1.165, 1.54) is 39.8 Å². The summed E-state index contributed by atoms with van der Waals surface area (Å²) >= 11 is 1.59. The van der Waals surface area contributed by atoms with Crippen LogP contribution < -0.4 is 0 Å². The van der Waals surface area contributed by atoms with Gasteiger partial charge in [0, 0.05) is 43.9 Å². The van der Waals surface area contributed by atoms with E-state index in [1.54, 1.807) is 23.5 Å². The Bertz CT molecular complexity index is 1480. The summed E-state index contributed by atoms with van der Waals surface area (Å²) < 4.78 is 41.6. The minimum Gasteiger partial charge on any atom is -0.463 e. The second-order valence-electron chi connectivity index (χ2n) is 10.3. The number of esters is 4. The monoisotopic (exact) mass is 612 g/mol. The van der Waals surface area contributed by atoms with Crippen LogP contribution in [-0.4, -0.2) is 54.9 Å². The molecule has 1 aliphatic rings. The van der Waals surface area contributed by atoms with Gasteiger partial charge in [0.15, 0.2) is 18.3 Å². The molecule has 43 heavy (non-hydrogen) atoms. The molecule has 0 radical (unpaired) electrons. The Labute approximate surface area is 252 Å². The van der Waals surface area contributed by atoms with Gasteiger partial charge in [0.2, 0.25) is 0 Å². The molecule has 0 amide bonds. The van der Waals surface area contributed by atoms with Crippen molar-refractivity contribution in [3.05, 3.63) is 82.0 Å². The van der Waals surface area contributed by atoms with Gasteiger partial charge in [0.05, 0.1) is 0 Å². The van der Waals surface area contributed by atoms with Crippen LogP contribution in [0, 0.1) is 12.7 Å². The summed E-state index contributed by atoms with van der Waals surface area (Å²) in [5, 5.41) is 0. The molecule has 0 saturated carbocycles. The van der Waals surface area contributed by atoms with Crippen LogP contribution in [0.15, 0.2) is 54.6 Å². The van der Waals surface area contributed by atoms with E-state index in [0.29, 0.717) is 12.0 Å². The molecule has 1 saturated heterocycles. The van der Waals surface area contributed by atoms with Crippen LogP contribution in [0.3, 0.4) is 0 Å². The highest BCUT2D eigenvalue weighted by Crippen LogP contribution is 2.39. The molecule has 9 nitrogen and oxygen atoms in total. The molecule has 0 spiro atoms. The van der Waals surface area contributed by atoms with Crippen molar-refractivity contribution in [3.63, 3.8) is 0 Å². The lowest BCUT2D eigenvalue weighted by Crippen LogP contribution is -2.59. The average Bonchev–Trinajstić information content (AvgIpc) is 3.39. The first-order chi connectivity index (χ1) is 20.4. The number of ether oxygens (including phenoxy) is 5. The van der Waals surface area contributed by atoms with E-state index >= 15 is 0 Å². The summed E-state index contributed by atoms with van der Waals surface area (Å²) in [5.41, 5.74) is 3.51. The molecule has 0 N–H and O–H groups in total. The zero-order valence-corrected chi connectivity index (χ0v) is 25.3. The maximum absolute atomic E-state index is 13.4. The van der Waals surface area contributed by atoms with Gasteiger partial charge in [-0.05, 0) is 53.4 Å². The van der Waals surface area contributed by atoms with E-state index < -0.39 is 54.4 Å². The first-order valence-electron chi connectivity index (χ1n) is 13.7. The fourth-order valence-corrected chi connectivity index (χ4v) is 6.02. The Morgan fingerprint density at radius 2 is 1.42 bits per heavy atom. The lowest BCUT2D eigenvalue weighted by Gasteiger charge is -2.44. The van der Waals surface area contributed by atoms with Gasteiger partial charge in [-0.3, -0.25) is 19.2 Å². The zero-order valence-electron chi connectivity index (χ0n) is 24.5. The Morgan fingerprint density at radius 1 is 0.791 bits per heavy atom. The topological polar surface area (TPSA) is 114 Å². The second-order valence-corrected chi connectivity index (χ2v) is 11.4. The van der Waals surface area contributed by atoms with Crippen molar-refractivity contribution in [2.45, 2.75) is 71.6 Å². The number of aryl methyl sites for hydroxylation is 1. The Balaban J connectivity index is 1.70. The molecule has 5 atom stereocenters. The fourth-order valence-electron chi connectivity index (χ4n) is 4.99. The molecular formula is C32H33FO9S. The van der Waals surface area contributed by atoms with Gasteiger partial charge in [-0.15, -0.1) is 11.3 Å². The number of halogens is 1. The van der Waals surface area contributed by atoms with Crippen molar-refractivity contribution in [1.29, 1.82) is 0 Å². The third-order valence-electron chi connectivity index (χ3n) is 6.85. The van der Waals surface area contributed by atoms with E-state index in [9.17, 15) is 23.6 Å². The van der Waals surface area contributed by atoms with Gasteiger partial charge in [-0.25, -0.2) is 4.39 Å². The molecule has 0 bridgehead atoms. The molecular weight excluding hydrogens is 579 g/mol. The van der Waals surface area contributed by atoms with E-state index in [1.807, 2.05) is 37.3 Å². The average molecular weight is 613 g/mol. The van der Waals surface area contributed by atoms with Crippen molar-refractivity contribution in [1.82, 2.24) is 0 Å². The smallest absolute Gasteiger partial charge is 0.303 e. The molecule has 1 fully saturated rings. The van der Waals surface area contributed by atoms with Crippen LogP contribution in [0.5, 0.6) is 0 Å². The molecule has 0 aliphatic carbocycles. The van der Waals surface area contributed by atoms with Crippen LogP contribution in [0.25, 0.3) is 10.4 Å². The van der Waals surface area contributed by atoms with Crippen molar-refractivity contribution in [3.8, 4) is 10.4 Å². The highest BCUT2D eigenvalue weighted by atomic mass is 32.1. The quantitative estimate of drug-likeness (QED) is 0.236. The number of hydrogen-bond donors (Lipinski definition) is 0. The SMILES string of the molecule is CC(=O)OC[C@H]1OC(c2ccc(C)c(Cc3ccc(-c4ccc(F)cc4)s3)c2)[C@H](OC(C)=O)C(OC(C)=O)[C@@H]1OC(C)=O.